The molecule has 0 N–H and O–H groups in total. The summed E-state index contributed by atoms with van der Waals surface area (Å²) in [4.78, 5) is 17.9. The van der Waals surface area contributed by atoms with Crippen LogP contribution in [-0.4, -0.2) is 15.3 Å². The second-order valence-corrected chi connectivity index (χ2v) is 8.78. The van der Waals surface area contributed by atoms with Gasteiger partial charge in [0.2, 0.25) is 0 Å². The molecule has 0 spiro atoms. The lowest BCUT2D eigenvalue weighted by molar-refractivity contribution is -0.141. The zero-order valence-electron chi connectivity index (χ0n) is 11.6. The smallest absolute Gasteiger partial charge is 0.254 e. The molecule has 2 unspecified atom stereocenters. The van der Waals surface area contributed by atoms with E-state index in [-0.39, 0.29) is 16.2 Å². The first-order valence-corrected chi connectivity index (χ1v) is 8.62. The quantitative estimate of drug-likeness (QED) is 0.734. The SMILES string of the molecule is Cn1ccsc1=NC(=O)C12C[C@@H]3C[C@@H](CC(Cl)(C3)C1)C2. The summed E-state index contributed by atoms with van der Waals surface area (Å²) < 4.78 is 1.92. The van der Waals surface area contributed by atoms with Crippen molar-refractivity contribution < 1.29 is 4.79 Å². The molecule has 1 aromatic rings. The number of halogens is 1. The van der Waals surface area contributed by atoms with Gasteiger partial charge < -0.3 is 4.57 Å². The van der Waals surface area contributed by atoms with Gasteiger partial charge in [-0.05, 0) is 50.4 Å². The molecule has 5 rings (SSSR count). The summed E-state index contributed by atoms with van der Waals surface area (Å²) in [6.07, 6.45) is 8.28. The van der Waals surface area contributed by atoms with Crippen LogP contribution in [0.15, 0.2) is 16.6 Å². The fourth-order valence-corrected chi connectivity index (χ4v) is 6.46. The van der Waals surface area contributed by atoms with Crippen LogP contribution in [0.1, 0.15) is 38.5 Å². The fourth-order valence-electron chi connectivity index (χ4n) is 5.04. The van der Waals surface area contributed by atoms with Gasteiger partial charge in [0.15, 0.2) is 4.80 Å². The van der Waals surface area contributed by atoms with Gasteiger partial charge in [-0.25, -0.2) is 0 Å². The van der Waals surface area contributed by atoms with Crippen LogP contribution in [0.5, 0.6) is 0 Å². The molecule has 0 saturated heterocycles. The molecular formula is C15H19ClN2OS. The molecule has 4 atom stereocenters. The summed E-state index contributed by atoms with van der Waals surface area (Å²) in [6.45, 7) is 0. The maximum absolute atomic E-state index is 12.8. The highest BCUT2D eigenvalue weighted by Gasteiger charge is 2.60. The highest BCUT2D eigenvalue weighted by Crippen LogP contribution is 2.64. The first kappa shape index (κ1) is 13.1. The molecule has 1 aromatic heterocycles. The minimum atomic E-state index is -0.261. The molecule has 0 aromatic carbocycles. The predicted molar refractivity (Wildman–Crippen MR) is 79.6 cm³/mol. The van der Waals surface area contributed by atoms with Crippen molar-refractivity contribution in [3.63, 3.8) is 0 Å². The minimum absolute atomic E-state index is 0.0784. The fraction of sp³-hybridized carbons (Fsp3) is 0.733. The van der Waals surface area contributed by atoms with Gasteiger partial charge in [0, 0.05) is 23.5 Å². The van der Waals surface area contributed by atoms with Gasteiger partial charge in [-0.1, -0.05) is 0 Å². The summed E-state index contributed by atoms with van der Waals surface area (Å²) in [7, 11) is 1.94. The number of thiazole rings is 1. The lowest BCUT2D eigenvalue weighted by Crippen LogP contribution is -2.55. The number of alkyl halides is 1. The largest absolute Gasteiger partial charge is 0.327 e. The zero-order valence-corrected chi connectivity index (χ0v) is 13.2. The number of aromatic nitrogens is 1. The Morgan fingerprint density at radius 1 is 1.40 bits per heavy atom. The van der Waals surface area contributed by atoms with Crippen LogP contribution in [0.4, 0.5) is 0 Å². The molecule has 4 saturated carbocycles. The molecule has 4 aliphatic rings. The average molecular weight is 311 g/mol. The van der Waals surface area contributed by atoms with E-state index in [1.165, 1.54) is 17.8 Å². The van der Waals surface area contributed by atoms with Crippen molar-refractivity contribution in [1.29, 1.82) is 0 Å². The van der Waals surface area contributed by atoms with Crippen molar-refractivity contribution >= 4 is 28.8 Å². The van der Waals surface area contributed by atoms with Crippen molar-refractivity contribution in [2.24, 2.45) is 29.3 Å². The van der Waals surface area contributed by atoms with E-state index < -0.39 is 0 Å². The predicted octanol–water partition coefficient (Wildman–Crippen LogP) is 3.09. The molecule has 3 nitrogen and oxygen atoms in total. The van der Waals surface area contributed by atoms with Crippen LogP contribution in [-0.2, 0) is 11.8 Å². The summed E-state index contributed by atoms with van der Waals surface area (Å²) >= 11 is 8.30. The third-order valence-corrected chi connectivity index (χ3v) is 6.69. The number of carbonyl (C=O) groups is 1. The summed E-state index contributed by atoms with van der Waals surface area (Å²) in [5, 5.41) is 1.97. The molecular weight excluding hydrogens is 292 g/mol. The second-order valence-electron chi connectivity index (χ2n) is 7.11. The third kappa shape index (κ3) is 1.92. The van der Waals surface area contributed by atoms with Crippen LogP contribution < -0.4 is 4.80 Å². The van der Waals surface area contributed by atoms with Crippen molar-refractivity contribution in [1.82, 2.24) is 4.57 Å². The number of nitrogens with zero attached hydrogens (tertiary/aromatic N) is 2. The standard InChI is InChI=1S/C15H19ClN2OS/c1-18-2-3-20-13(18)17-12(19)14-5-10-4-11(6-14)8-15(16,7-10)9-14/h2-3,10-11H,4-9H2,1H3/t10-,11+,14?,15?. The number of hydrogen-bond donors (Lipinski definition) is 0. The average Bonchev–Trinajstić information content (AvgIpc) is 2.71. The molecule has 108 valence electrons. The molecule has 4 fully saturated rings. The van der Waals surface area contributed by atoms with Gasteiger partial charge in [0.1, 0.15) is 0 Å². The van der Waals surface area contributed by atoms with Crippen LogP contribution in [0.3, 0.4) is 0 Å². The van der Waals surface area contributed by atoms with Crippen molar-refractivity contribution in [3.05, 3.63) is 16.4 Å². The highest BCUT2D eigenvalue weighted by molar-refractivity contribution is 7.07. The van der Waals surface area contributed by atoms with E-state index in [1.54, 1.807) is 0 Å². The van der Waals surface area contributed by atoms with Crippen LogP contribution in [0.2, 0.25) is 0 Å². The molecule has 0 aliphatic heterocycles. The minimum Gasteiger partial charge on any atom is -0.327 e. The molecule has 5 heteroatoms. The normalized spacial score (nSPS) is 43.2. The monoisotopic (exact) mass is 310 g/mol. The maximum Gasteiger partial charge on any atom is 0.254 e. The second kappa shape index (κ2) is 4.20. The van der Waals surface area contributed by atoms with Crippen LogP contribution >= 0.6 is 22.9 Å². The molecule has 1 heterocycles. The van der Waals surface area contributed by atoms with Gasteiger partial charge in [0.05, 0.1) is 5.41 Å². The van der Waals surface area contributed by atoms with Gasteiger partial charge in [-0.3, -0.25) is 4.79 Å². The van der Waals surface area contributed by atoms with Gasteiger partial charge in [0.25, 0.3) is 5.91 Å². The van der Waals surface area contributed by atoms with E-state index in [0.29, 0.717) is 11.8 Å². The van der Waals surface area contributed by atoms with Crippen molar-refractivity contribution in [2.75, 3.05) is 0 Å². The molecule has 4 bridgehead atoms. The Hall–Kier alpha value is -0.610. The topological polar surface area (TPSA) is 34.4 Å². The number of amides is 1. The Morgan fingerprint density at radius 3 is 2.65 bits per heavy atom. The van der Waals surface area contributed by atoms with E-state index in [4.69, 9.17) is 11.6 Å². The van der Waals surface area contributed by atoms with Gasteiger partial charge in [-0.15, -0.1) is 22.9 Å². The maximum atomic E-state index is 12.8. The number of aryl methyl sites for hydroxylation is 1. The first-order chi connectivity index (χ1) is 9.48. The zero-order chi connectivity index (χ0) is 14.0. The molecule has 4 aliphatic carbocycles. The number of hydrogen-bond acceptors (Lipinski definition) is 2. The first-order valence-electron chi connectivity index (χ1n) is 7.36. The van der Waals surface area contributed by atoms with Crippen molar-refractivity contribution in [2.45, 2.75) is 43.4 Å². The number of rotatable bonds is 1. The van der Waals surface area contributed by atoms with E-state index in [1.807, 2.05) is 23.2 Å². The van der Waals surface area contributed by atoms with E-state index in [0.717, 1.165) is 36.9 Å². The Labute approximate surface area is 127 Å². The Bertz CT molecular complexity index is 618. The third-order valence-electron chi connectivity index (χ3n) is 5.40. The van der Waals surface area contributed by atoms with Crippen molar-refractivity contribution in [3.8, 4) is 0 Å². The van der Waals surface area contributed by atoms with E-state index in [9.17, 15) is 4.79 Å². The Balaban J connectivity index is 1.71. The van der Waals surface area contributed by atoms with Gasteiger partial charge in [-0.2, -0.15) is 4.99 Å². The molecule has 0 radical (unpaired) electrons. The molecule has 20 heavy (non-hydrogen) atoms. The summed E-state index contributed by atoms with van der Waals surface area (Å²) in [5.74, 6) is 1.37. The molecule has 1 amide bonds. The van der Waals surface area contributed by atoms with E-state index in [2.05, 4.69) is 4.99 Å². The Morgan fingerprint density at radius 2 is 2.10 bits per heavy atom. The lowest BCUT2D eigenvalue weighted by atomic mass is 9.49. The summed E-state index contributed by atoms with van der Waals surface area (Å²) in [6, 6.07) is 0. The number of carbonyl (C=O) groups excluding carboxylic acids is 1. The van der Waals surface area contributed by atoms with E-state index >= 15 is 0 Å². The highest BCUT2D eigenvalue weighted by atomic mass is 35.5. The Kier molecular flexibility index (Phi) is 2.75. The van der Waals surface area contributed by atoms with Crippen LogP contribution in [0, 0.1) is 17.3 Å². The van der Waals surface area contributed by atoms with Crippen LogP contribution in [0.25, 0.3) is 0 Å². The van der Waals surface area contributed by atoms with Gasteiger partial charge >= 0.3 is 0 Å². The lowest BCUT2D eigenvalue weighted by Gasteiger charge is -2.58. The summed E-state index contributed by atoms with van der Waals surface area (Å²) in [5.41, 5.74) is -0.261.